The Bertz CT molecular complexity index is 1850. The molecular formula is C28H22ClN5O5S. The molecule has 0 radical (unpaired) electrons. The molecule has 0 spiro atoms. The summed E-state index contributed by atoms with van der Waals surface area (Å²) in [6.07, 6.45) is 1.78. The van der Waals surface area contributed by atoms with Crippen LogP contribution in [0.15, 0.2) is 65.2 Å². The van der Waals surface area contributed by atoms with Crippen LogP contribution in [-0.2, 0) is 6.61 Å². The van der Waals surface area contributed by atoms with Crippen molar-refractivity contribution in [1.82, 2.24) is 19.6 Å². The van der Waals surface area contributed by atoms with Crippen molar-refractivity contribution in [3.8, 4) is 28.1 Å². The van der Waals surface area contributed by atoms with Crippen LogP contribution in [0.2, 0.25) is 5.15 Å². The van der Waals surface area contributed by atoms with Crippen LogP contribution < -0.4 is 19.5 Å². The number of hydrogen-bond acceptors (Lipinski definition) is 9. The predicted octanol–water partition coefficient (Wildman–Crippen LogP) is 6.41. The molecule has 0 saturated carbocycles. The molecule has 2 aromatic carbocycles. The van der Waals surface area contributed by atoms with E-state index in [1.165, 1.54) is 11.3 Å². The number of halogens is 1. The number of furan rings is 1. The number of aromatic nitrogens is 4. The molecule has 4 heterocycles. The number of amides is 1. The normalized spacial score (nSPS) is 11.2. The Morgan fingerprint density at radius 3 is 2.75 bits per heavy atom. The topological polar surface area (TPSA) is 113 Å². The van der Waals surface area contributed by atoms with Crippen molar-refractivity contribution >= 4 is 50.5 Å². The van der Waals surface area contributed by atoms with E-state index in [2.05, 4.69) is 20.4 Å². The summed E-state index contributed by atoms with van der Waals surface area (Å²) in [6, 6.07) is 16.3. The molecule has 40 heavy (non-hydrogen) atoms. The van der Waals surface area contributed by atoms with E-state index >= 15 is 0 Å². The van der Waals surface area contributed by atoms with Gasteiger partial charge < -0.3 is 23.9 Å². The molecule has 0 unspecified atom stereocenters. The summed E-state index contributed by atoms with van der Waals surface area (Å²) in [5.74, 6) is 1.39. The van der Waals surface area contributed by atoms with E-state index in [0.717, 1.165) is 16.6 Å². The molecule has 4 aromatic heterocycles. The molecule has 0 aliphatic heterocycles. The van der Waals surface area contributed by atoms with Gasteiger partial charge in [0.25, 0.3) is 11.1 Å². The summed E-state index contributed by atoms with van der Waals surface area (Å²) >= 11 is 7.49. The first-order valence-electron chi connectivity index (χ1n) is 12.1. The SMILES string of the molecule is COc1cc(OCc2cccc(NC(=O)c3ccc(C)nc3Cl)c2)c2cc(-c3cn4nc(OC)sc4n3)oc2c1. The fraction of sp³-hybridized carbons (Fsp3) is 0.143. The van der Waals surface area contributed by atoms with Crippen molar-refractivity contribution in [1.29, 1.82) is 0 Å². The second kappa shape index (κ2) is 10.5. The van der Waals surface area contributed by atoms with E-state index < -0.39 is 0 Å². The average Bonchev–Trinajstić information content (AvgIpc) is 3.64. The standard InChI is InChI=1S/C28H22ClN5O5S/c1-15-7-8-19(25(29)30-15)26(35)31-17-6-4-5-16(9-17)14-38-22-10-18(36-2)11-23-20(22)12-24(39-23)21-13-34-27(32-21)40-28(33-34)37-3/h4-13H,14H2,1-3H3,(H,31,35). The fourth-order valence-electron chi connectivity index (χ4n) is 4.12. The minimum Gasteiger partial charge on any atom is -0.496 e. The second-order valence-electron chi connectivity index (χ2n) is 8.81. The lowest BCUT2D eigenvalue weighted by atomic mass is 10.2. The van der Waals surface area contributed by atoms with E-state index in [4.69, 9.17) is 30.2 Å². The average molecular weight is 576 g/mol. The largest absolute Gasteiger partial charge is 0.496 e. The maximum absolute atomic E-state index is 12.7. The van der Waals surface area contributed by atoms with Crippen LogP contribution in [0.25, 0.3) is 27.4 Å². The van der Waals surface area contributed by atoms with Crippen molar-refractivity contribution in [3.63, 3.8) is 0 Å². The van der Waals surface area contributed by atoms with Gasteiger partial charge in [0.1, 0.15) is 34.5 Å². The first kappa shape index (κ1) is 25.7. The van der Waals surface area contributed by atoms with E-state index in [9.17, 15) is 4.79 Å². The Morgan fingerprint density at radius 1 is 1.10 bits per heavy atom. The minimum absolute atomic E-state index is 0.157. The van der Waals surface area contributed by atoms with E-state index in [-0.39, 0.29) is 17.7 Å². The number of hydrogen-bond donors (Lipinski definition) is 1. The molecule has 12 heteroatoms. The van der Waals surface area contributed by atoms with Gasteiger partial charge >= 0.3 is 0 Å². The number of imidazole rings is 1. The lowest BCUT2D eigenvalue weighted by molar-refractivity contribution is 0.102. The summed E-state index contributed by atoms with van der Waals surface area (Å²) in [6.45, 7) is 2.05. The summed E-state index contributed by atoms with van der Waals surface area (Å²) in [4.78, 5) is 22.2. The number of nitrogens with one attached hydrogen (secondary N) is 1. The van der Waals surface area contributed by atoms with Crippen molar-refractivity contribution < 1.29 is 23.4 Å². The molecule has 1 N–H and O–H groups in total. The van der Waals surface area contributed by atoms with Gasteiger partial charge in [-0.1, -0.05) is 23.7 Å². The second-order valence-corrected chi connectivity index (χ2v) is 10.1. The number of benzene rings is 2. The number of carbonyl (C=O) groups excluding carboxylic acids is 1. The first-order valence-corrected chi connectivity index (χ1v) is 13.3. The lowest BCUT2D eigenvalue weighted by Crippen LogP contribution is -2.13. The fourth-order valence-corrected chi connectivity index (χ4v) is 5.10. The molecule has 1 amide bonds. The van der Waals surface area contributed by atoms with E-state index in [1.54, 1.807) is 55.3 Å². The Morgan fingerprint density at radius 2 is 1.98 bits per heavy atom. The van der Waals surface area contributed by atoms with Gasteiger partial charge in [-0.25, -0.2) is 14.5 Å². The van der Waals surface area contributed by atoms with Crippen molar-refractivity contribution in [2.45, 2.75) is 13.5 Å². The van der Waals surface area contributed by atoms with Gasteiger partial charge in [0.2, 0.25) is 4.96 Å². The zero-order chi connectivity index (χ0) is 27.8. The van der Waals surface area contributed by atoms with Crippen LogP contribution >= 0.6 is 22.9 Å². The van der Waals surface area contributed by atoms with Crippen molar-refractivity contribution in [2.75, 3.05) is 19.5 Å². The monoisotopic (exact) mass is 575 g/mol. The zero-order valence-corrected chi connectivity index (χ0v) is 23.2. The lowest BCUT2D eigenvalue weighted by Gasteiger charge is -2.11. The van der Waals surface area contributed by atoms with Gasteiger partial charge in [-0.2, -0.15) is 0 Å². The Balaban J connectivity index is 1.23. The highest BCUT2D eigenvalue weighted by Gasteiger charge is 2.18. The maximum Gasteiger partial charge on any atom is 0.294 e. The van der Waals surface area contributed by atoms with Crippen LogP contribution in [0.1, 0.15) is 21.6 Å². The quantitative estimate of drug-likeness (QED) is 0.207. The molecule has 0 saturated heterocycles. The summed E-state index contributed by atoms with van der Waals surface area (Å²) in [7, 11) is 3.15. The van der Waals surface area contributed by atoms with Crippen LogP contribution in [0.5, 0.6) is 16.7 Å². The Labute approximate surface area is 237 Å². The first-order chi connectivity index (χ1) is 19.4. The minimum atomic E-state index is -0.344. The number of ether oxygens (including phenoxy) is 3. The summed E-state index contributed by atoms with van der Waals surface area (Å²) in [5, 5.41) is 8.64. The Kier molecular flexibility index (Phi) is 6.74. The third-order valence-corrected chi connectivity index (χ3v) is 7.24. The number of aryl methyl sites for hydroxylation is 1. The Hall–Kier alpha value is -4.61. The van der Waals surface area contributed by atoms with Gasteiger partial charge in [0.05, 0.1) is 31.4 Å². The van der Waals surface area contributed by atoms with Crippen LogP contribution in [-0.4, -0.2) is 39.7 Å². The van der Waals surface area contributed by atoms with Gasteiger partial charge in [0, 0.05) is 23.5 Å². The molecule has 202 valence electrons. The van der Waals surface area contributed by atoms with Crippen molar-refractivity contribution in [2.24, 2.45) is 0 Å². The third kappa shape index (κ3) is 5.04. The molecule has 10 nitrogen and oxygen atoms in total. The zero-order valence-electron chi connectivity index (χ0n) is 21.6. The molecule has 0 bridgehead atoms. The van der Waals surface area contributed by atoms with E-state index in [1.807, 2.05) is 31.2 Å². The number of fused-ring (bicyclic) bond motifs is 2. The molecular weight excluding hydrogens is 554 g/mol. The van der Waals surface area contributed by atoms with Crippen LogP contribution in [0.4, 0.5) is 5.69 Å². The molecule has 0 aliphatic rings. The number of nitrogens with zero attached hydrogens (tertiary/aromatic N) is 4. The van der Waals surface area contributed by atoms with E-state index in [0.29, 0.717) is 49.9 Å². The number of anilines is 1. The molecule has 0 atom stereocenters. The predicted molar refractivity (Wildman–Crippen MR) is 152 cm³/mol. The highest BCUT2D eigenvalue weighted by atomic mass is 35.5. The highest BCUT2D eigenvalue weighted by molar-refractivity contribution is 7.18. The van der Waals surface area contributed by atoms with Gasteiger partial charge in [-0.15, -0.1) is 5.10 Å². The van der Waals surface area contributed by atoms with Crippen molar-refractivity contribution in [3.05, 3.63) is 82.8 Å². The third-order valence-electron chi connectivity index (χ3n) is 6.07. The van der Waals surface area contributed by atoms with Crippen LogP contribution in [0.3, 0.4) is 0 Å². The highest BCUT2D eigenvalue weighted by Crippen LogP contribution is 2.37. The number of rotatable bonds is 8. The summed E-state index contributed by atoms with van der Waals surface area (Å²) in [5.41, 5.74) is 3.72. The number of pyridine rings is 1. The van der Waals surface area contributed by atoms with Gasteiger partial charge in [-0.05, 0) is 54.2 Å². The summed E-state index contributed by atoms with van der Waals surface area (Å²) < 4.78 is 24.6. The smallest absolute Gasteiger partial charge is 0.294 e. The maximum atomic E-state index is 12.7. The van der Waals surface area contributed by atoms with Gasteiger partial charge in [-0.3, -0.25) is 4.79 Å². The molecule has 0 aliphatic carbocycles. The van der Waals surface area contributed by atoms with Crippen LogP contribution in [0, 0.1) is 6.92 Å². The number of carbonyl (C=O) groups is 1. The molecule has 6 rings (SSSR count). The van der Waals surface area contributed by atoms with Gasteiger partial charge in [0.15, 0.2) is 5.76 Å². The molecule has 6 aromatic rings. The number of methoxy groups -OCH3 is 2. The molecule has 0 fully saturated rings.